The van der Waals surface area contributed by atoms with E-state index in [-0.39, 0.29) is 23.0 Å². The molecule has 0 radical (unpaired) electrons. The molecule has 0 bridgehead atoms. The number of hydrogen-bond acceptors (Lipinski definition) is 7. The molecule has 3 N–H and O–H groups in total. The fraction of sp³-hybridized carbons (Fsp3) is 0.556. The third-order valence-electron chi connectivity index (χ3n) is 8.11. The highest BCUT2D eigenvalue weighted by Crippen LogP contribution is 2.63. The van der Waals surface area contributed by atoms with Crippen molar-refractivity contribution >= 4 is 46.0 Å². The lowest BCUT2D eigenvalue weighted by Gasteiger charge is -2.43. The molecule has 1 amide bonds. The Hall–Kier alpha value is -1.58. The van der Waals surface area contributed by atoms with Gasteiger partial charge in [0.1, 0.15) is 0 Å². The number of nitrogens with two attached hydrogens (primary N) is 1. The second-order valence-corrected chi connectivity index (χ2v) is 13.4. The van der Waals surface area contributed by atoms with Crippen molar-refractivity contribution in [3.8, 4) is 0 Å². The van der Waals surface area contributed by atoms with Gasteiger partial charge in [0, 0.05) is 54.8 Å². The summed E-state index contributed by atoms with van der Waals surface area (Å²) in [4.78, 5) is 31.2. The van der Waals surface area contributed by atoms with Crippen molar-refractivity contribution in [1.82, 2.24) is 15.1 Å². The summed E-state index contributed by atoms with van der Waals surface area (Å²) in [6, 6.07) is 14.7. The standard InChI is InChI=1S/C27H34N4O2S2/c1-2-3-9-20-16-31(24(32)22-11-6-8-18-7-4-5-10-21(18)22)13-12-30(20)15-19-17-34-27(29-19)25(33)26(28)14-23(26)35-27/h4-8,10-11,19-20,23,29H,2-3,9,12-17,28H2,1H3/t19-,20?,23?,26?,27?/m1/s1. The smallest absolute Gasteiger partial charge is 0.254 e. The molecule has 35 heavy (non-hydrogen) atoms. The number of thioether (sulfide) groups is 2. The van der Waals surface area contributed by atoms with Gasteiger partial charge in [-0.3, -0.25) is 19.8 Å². The van der Waals surface area contributed by atoms with E-state index in [9.17, 15) is 9.59 Å². The van der Waals surface area contributed by atoms with Crippen LogP contribution in [0.25, 0.3) is 10.8 Å². The lowest BCUT2D eigenvalue weighted by molar-refractivity contribution is -0.121. The van der Waals surface area contributed by atoms with Crippen LogP contribution in [0.1, 0.15) is 43.0 Å². The highest BCUT2D eigenvalue weighted by atomic mass is 32.2. The van der Waals surface area contributed by atoms with Gasteiger partial charge in [0.05, 0.1) is 5.54 Å². The van der Waals surface area contributed by atoms with Crippen molar-refractivity contribution in [3.05, 3.63) is 48.0 Å². The lowest BCUT2D eigenvalue weighted by Crippen LogP contribution is -2.58. The van der Waals surface area contributed by atoms with Crippen LogP contribution in [0.15, 0.2) is 42.5 Å². The Kier molecular flexibility index (Phi) is 6.16. The topological polar surface area (TPSA) is 78.7 Å². The van der Waals surface area contributed by atoms with Gasteiger partial charge in [0.25, 0.3) is 5.91 Å². The molecule has 4 unspecified atom stereocenters. The number of carbonyl (C=O) groups excluding carboxylic acids is 2. The van der Waals surface area contributed by atoms with Gasteiger partial charge in [-0.05, 0) is 29.7 Å². The van der Waals surface area contributed by atoms with Crippen molar-refractivity contribution in [1.29, 1.82) is 0 Å². The van der Waals surface area contributed by atoms with E-state index in [1.54, 1.807) is 23.5 Å². The second-order valence-electron chi connectivity index (χ2n) is 10.5. The number of nitrogens with one attached hydrogen (secondary N) is 1. The molecule has 1 aliphatic carbocycles. The van der Waals surface area contributed by atoms with E-state index in [0.29, 0.717) is 6.04 Å². The molecule has 0 aromatic heterocycles. The van der Waals surface area contributed by atoms with E-state index < -0.39 is 9.74 Å². The van der Waals surface area contributed by atoms with Crippen molar-refractivity contribution in [2.45, 2.75) is 59.7 Å². The maximum Gasteiger partial charge on any atom is 0.254 e. The average Bonchev–Trinajstić information content (AvgIpc) is 3.27. The van der Waals surface area contributed by atoms with Gasteiger partial charge in [-0.1, -0.05) is 56.2 Å². The van der Waals surface area contributed by atoms with Gasteiger partial charge >= 0.3 is 0 Å². The summed E-state index contributed by atoms with van der Waals surface area (Å²) < 4.78 is -0.534. The molecule has 6 nitrogen and oxygen atoms in total. The number of rotatable bonds is 6. The van der Waals surface area contributed by atoms with Gasteiger partial charge in [0.15, 0.2) is 9.99 Å². The SMILES string of the molecule is CCCCC1CN(C(=O)c2cccc3ccccc23)CCN1C[C@@H]1CSC2(N1)SC1CC1(N)C2=O. The predicted octanol–water partition coefficient (Wildman–Crippen LogP) is 3.30. The predicted molar refractivity (Wildman–Crippen MR) is 145 cm³/mol. The summed E-state index contributed by atoms with van der Waals surface area (Å²) in [5.74, 6) is 1.26. The number of piperazine rings is 1. The van der Waals surface area contributed by atoms with E-state index in [2.05, 4.69) is 34.2 Å². The summed E-state index contributed by atoms with van der Waals surface area (Å²) in [6.45, 7) is 5.49. The molecular weight excluding hydrogens is 476 g/mol. The fourth-order valence-electron chi connectivity index (χ4n) is 5.96. The Morgan fingerprint density at radius 3 is 2.83 bits per heavy atom. The summed E-state index contributed by atoms with van der Waals surface area (Å²) in [5, 5.41) is 6.10. The van der Waals surface area contributed by atoms with E-state index in [1.165, 1.54) is 0 Å². The van der Waals surface area contributed by atoms with E-state index in [4.69, 9.17) is 5.73 Å². The molecule has 1 saturated carbocycles. The van der Waals surface area contributed by atoms with Gasteiger partial charge in [-0.2, -0.15) is 0 Å². The number of fused-ring (bicyclic) bond motifs is 2. The zero-order valence-electron chi connectivity index (χ0n) is 20.2. The molecule has 6 rings (SSSR count). The van der Waals surface area contributed by atoms with Crippen LogP contribution in [-0.2, 0) is 4.79 Å². The molecule has 4 fully saturated rings. The van der Waals surface area contributed by atoms with Gasteiger partial charge in [-0.15, -0.1) is 23.5 Å². The molecule has 3 saturated heterocycles. The van der Waals surface area contributed by atoms with Gasteiger partial charge in [0.2, 0.25) is 0 Å². The van der Waals surface area contributed by atoms with Gasteiger partial charge in [-0.25, -0.2) is 0 Å². The second kappa shape index (κ2) is 9.06. The normalized spacial score (nSPS) is 34.6. The molecular formula is C27H34N4O2S2. The highest BCUT2D eigenvalue weighted by molar-refractivity contribution is 8.20. The molecule has 3 aliphatic heterocycles. The zero-order chi connectivity index (χ0) is 24.2. The monoisotopic (exact) mass is 510 g/mol. The fourth-order valence-corrected chi connectivity index (χ4v) is 9.59. The Labute approximate surface area is 215 Å². The van der Waals surface area contributed by atoms with E-state index >= 15 is 0 Å². The largest absolute Gasteiger partial charge is 0.336 e. The van der Waals surface area contributed by atoms with Crippen LogP contribution < -0.4 is 11.1 Å². The first-order valence-corrected chi connectivity index (χ1v) is 14.7. The summed E-state index contributed by atoms with van der Waals surface area (Å²) in [6.07, 6.45) is 4.22. The number of benzene rings is 2. The number of hydrogen-bond donors (Lipinski definition) is 2. The number of unbranched alkanes of at least 4 members (excludes halogenated alkanes) is 1. The average molecular weight is 511 g/mol. The van der Waals surface area contributed by atoms with Crippen molar-refractivity contribution < 1.29 is 9.59 Å². The van der Waals surface area contributed by atoms with Crippen LogP contribution in [-0.4, -0.2) is 80.5 Å². The summed E-state index contributed by atoms with van der Waals surface area (Å²) >= 11 is 3.49. The van der Waals surface area contributed by atoms with Gasteiger partial charge < -0.3 is 10.6 Å². The van der Waals surface area contributed by atoms with Crippen LogP contribution in [0.4, 0.5) is 0 Å². The lowest BCUT2D eigenvalue weighted by atomic mass is 10.0. The molecule has 2 aromatic carbocycles. The zero-order valence-corrected chi connectivity index (χ0v) is 21.9. The Morgan fingerprint density at radius 2 is 2.03 bits per heavy atom. The first kappa shape index (κ1) is 23.8. The minimum atomic E-state index is -0.586. The van der Waals surface area contributed by atoms with Crippen molar-refractivity contribution in [2.24, 2.45) is 5.73 Å². The van der Waals surface area contributed by atoms with Crippen LogP contribution >= 0.6 is 23.5 Å². The van der Waals surface area contributed by atoms with Crippen molar-refractivity contribution in [2.75, 3.05) is 31.9 Å². The summed E-state index contributed by atoms with van der Waals surface area (Å²) in [7, 11) is 0. The van der Waals surface area contributed by atoms with Crippen LogP contribution in [0.5, 0.6) is 0 Å². The Balaban J connectivity index is 1.14. The van der Waals surface area contributed by atoms with Crippen molar-refractivity contribution in [3.63, 3.8) is 0 Å². The molecule has 5 atom stereocenters. The number of amides is 1. The highest BCUT2D eigenvalue weighted by Gasteiger charge is 2.73. The summed E-state index contributed by atoms with van der Waals surface area (Å²) in [5.41, 5.74) is 6.52. The maximum atomic E-state index is 13.6. The minimum absolute atomic E-state index is 0.136. The van der Waals surface area contributed by atoms with E-state index in [0.717, 1.165) is 74.0 Å². The molecule has 186 valence electrons. The number of nitrogens with zero attached hydrogens (tertiary/aromatic N) is 2. The third kappa shape index (κ3) is 4.11. The van der Waals surface area contributed by atoms with E-state index in [1.807, 2.05) is 30.3 Å². The quantitative estimate of drug-likeness (QED) is 0.617. The Morgan fingerprint density at radius 1 is 1.20 bits per heavy atom. The van der Waals surface area contributed by atoms with Crippen LogP contribution in [0.2, 0.25) is 0 Å². The maximum absolute atomic E-state index is 13.6. The first-order valence-electron chi connectivity index (χ1n) is 12.9. The number of carbonyl (C=O) groups is 2. The number of Topliss-reactive ketones (excluding diaryl/α,β-unsaturated/α-hetero) is 1. The van der Waals surface area contributed by atoms with Crippen LogP contribution in [0.3, 0.4) is 0 Å². The third-order valence-corrected chi connectivity index (χ3v) is 11.5. The molecule has 2 aromatic rings. The molecule has 4 aliphatic rings. The first-order chi connectivity index (χ1) is 16.9. The van der Waals surface area contributed by atoms with Crippen LogP contribution in [0, 0.1) is 0 Å². The number of ketones is 1. The minimum Gasteiger partial charge on any atom is -0.336 e. The Bertz CT molecular complexity index is 1160. The molecule has 8 heteroatoms. The molecule has 1 spiro atoms. The molecule has 3 heterocycles.